The summed E-state index contributed by atoms with van der Waals surface area (Å²) in [4.78, 5) is 25.4. The number of hydrogen-bond donors (Lipinski definition) is 1. The first-order valence-corrected chi connectivity index (χ1v) is 7.06. The van der Waals surface area contributed by atoms with E-state index in [1.54, 1.807) is 27.7 Å². The van der Waals surface area contributed by atoms with Crippen molar-refractivity contribution in [2.45, 2.75) is 38.8 Å². The van der Waals surface area contributed by atoms with Gasteiger partial charge in [-0.2, -0.15) is 5.10 Å². The van der Waals surface area contributed by atoms with Crippen LogP contribution in [0.4, 0.5) is 4.79 Å². The molecule has 0 spiro atoms. The van der Waals surface area contributed by atoms with E-state index in [1.165, 1.54) is 11.9 Å². The quantitative estimate of drug-likeness (QED) is 0.885. The highest BCUT2D eigenvalue weighted by molar-refractivity contribution is 5.88. The van der Waals surface area contributed by atoms with Crippen LogP contribution in [-0.4, -0.2) is 40.1 Å². The van der Waals surface area contributed by atoms with Gasteiger partial charge in [-0.25, -0.2) is 4.79 Å². The van der Waals surface area contributed by atoms with Crippen molar-refractivity contribution < 1.29 is 14.3 Å². The maximum absolute atomic E-state index is 12.3. The molecule has 2 aromatic rings. The van der Waals surface area contributed by atoms with Crippen molar-refractivity contribution in [1.82, 2.24) is 15.1 Å². The molecule has 0 aliphatic rings. The first-order valence-electron chi connectivity index (χ1n) is 7.06. The van der Waals surface area contributed by atoms with Crippen molar-refractivity contribution in [2.75, 3.05) is 7.05 Å². The molecule has 6 heteroatoms. The second-order valence-electron chi connectivity index (χ2n) is 6.42. The molecular weight excluding hydrogens is 282 g/mol. The number of aromatic amines is 1. The van der Waals surface area contributed by atoms with Gasteiger partial charge in [-0.1, -0.05) is 18.2 Å². The van der Waals surface area contributed by atoms with E-state index in [-0.39, 0.29) is 0 Å². The molecule has 0 aliphatic heterocycles. The molecule has 1 aromatic carbocycles. The van der Waals surface area contributed by atoms with E-state index in [4.69, 9.17) is 4.74 Å². The van der Waals surface area contributed by atoms with Crippen LogP contribution < -0.4 is 0 Å². The fourth-order valence-electron chi connectivity index (χ4n) is 2.17. The van der Waals surface area contributed by atoms with E-state index in [1.807, 2.05) is 24.3 Å². The number of para-hydroxylation sites is 1. The maximum Gasteiger partial charge on any atom is 0.411 e. The Morgan fingerprint density at radius 3 is 2.50 bits per heavy atom. The molecule has 0 radical (unpaired) electrons. The zero-order valence-electron chi connectivity index (χ0n) is 13.5. The third kappa shape index (κ3) is 2.81. The normalized spacial score (nSPS) is 14.4. The Morgan fingerprint density at radius 2 is 1.91 bits per heavy atom. The Balaban J connectivity index is 2.44. The number of rotatable bonds is 3. The van der Waals surface area contributed by atoms with E-state index in [0.29, 0.717) is 5.69 Å². The molecule has 0 fully saturated rings. The number of benzene rings is 1. The Bertz CT molecular complexity index is 702. The largest absolute Gasteiger partial charge is 0.444 e. The van der Waals surface area contributed by atoms with Gasteiger partial charge in [-0.15, -0.1) is 0 Å². The number of likely N-dealkylation sites (N-methyl/N-ethyl adjacent to an activating group) is 1. The van der Waals surface area contributed by atoms with Crippen LogP contribution in [0.25, 0.3) is 10.9 Å². The average Bonchev–Trinajstić information content (AvgIpc) is 2.88. The third-order valence-electron chi connectivity index (χ3n) is 3.56. The minimum absolute atomic E-state index is 0.562. The molecule has 2 rings (SSSR count). The number of ether oxygens (including phenoxy) is 1. The standard InChI is InChI=1S/C16H21N3O3/c1-15(2,3)22-14(21)19(5)16(4,10-20)13-11-8-6-7-9-12(11)17-18-13/h6-10H,1-5H3,(H,17,18). The average molecular weight is 303 g/mol. The molecule has 0 saturated carbocycles. The highest BCUT2D eigenvalue weighted by Gasteiger charge is 2.39. The molecule has 1 unspecified atom stereocenters. The second-order valence-corrected chi connectivity index (χ2v) is 6.42. The third-order valence-corrected chi connectivity index (χ3v) is 3.56. The summed E-state index contributed by atoms with van der Waals surface area (Å²) in [6.07, 6.45) is 0.150. The van der Waals surface area contributed by atoms with Crippen molar-refractivity contribution in [3.8, 4) is 0 Å². The summed E-state index contributed by atoms with van der Waals surface area (Å²) in [5.74, 6) is 0. The lowest BCUT2D eigenvalue weighted by molar-refractivity contribution is -0.117. The summed E-state index contributed by atoms with van der Waals surface area (Å²) in [5.41, 5.74) is -0.529. The molecule has 0 bridgehead atoms. The minimum Gasteiger partial charge on any atom is -0.444 e. The van der Waals surface area contributed by atoms with Crippen LogP contribution in [-0.2, 0) is 15.1 Å². The molecule has 118 valence electrons. The van der Waals surface area contributed by atoms with E-state index >= 15 is 0 Å². The van der Waals surface area contributed by atoms with Gasteiger partial charge >= 0.3 is 6.09 Å². The number of carbonyl (C=O) groups excluding carboxylic acids is 2. The maximum atomic E-state index is 12.3. The zero-order chi connectivity index (χ0) is 16.5. The molecule has 1 aromatic heterocycles. The number of aldehydes is 1. The molecule has 6 nitrogen and oxygen atoms in total. The fraction of sp³-hybridized carbons (Fsp3) is 0.438. The summed E-state index contributed by atoms with van der Waals surface area (Å²) in [6.45, 7) is 7.00. The van der Waals surface area contributed by atoms with Gasteiger partial charge < -0.3 is 9.53 Å². The lowest BCUT2D eigenvalue weighted by Crippen LogP contribution is -2.48. The van der Waals surface area contributed by atoms with Crippen molar-refractivity contribution in [2.24, 2.45) is 0 Å². The summed E-state index contributed by atoms with van der Waals surface area (Å²) < 4.78 is 5.35. The van der Waals surface area contributed by atoms with E-state index < -0.39 is 17.2 Å². The van der Waals surface area contributed by atoms with Crippen LogP contribution >= 0.6 is 0 Å². The summed E-state index contributed by atoms with van der Waals surface area (Å²) in [6, 6.07) is 7.43. The monoisotopic (exact) mass is 303 g/mol. The summed E-state index contributed by atoms with van der Waals surface area (Å²) >= 11 is 0. The highest BCUT2D eigenvalue weighted by atomic mass is 16.6. The molecule has 1 amide bonds. The van der Waals surface area contributed by atoms with Gasteiger partial charge in [0.25, 0.3) is 0 Å². The Hall–Kier alpha value is -2.37. The van der Waals surface area contributed by atoms with E-state index in [0.717, 1.165) is 17.2 Å². The fourth-order valence-corrected chi connectivity index (χ4v) is 2.17. The predicted molar refractivity (Wildman–Crippen MR) is 83.5 cm³/mol. The Morgan fingerprint density at radius 1 is 1.27 bits per heavy atom. The number of fused-ring (bicyclic) bond motifs is 1. The van der Waals surface area contributed by atoms with Gasteiger partial charge in [0.1, 0.15) is 11.1 Å². The van der Waals surface area contributed by atoms with Crippen LogP contribution in [0.1, 0.15) is 33.4 Å². The number of carbonyl (C=O) groups is 2. The topological polar surface area (TPSA) is 75.3 Å². The van der Waals surface area contributed by atoms with Crippen LogP contribution in [0.15, 0.2) is 24.3 Å². The predicted octanol–water partition coefficient (Wildman–Crippen LogP) is 2.84. The molecule has 1 N–H and O–H groups in total. The van der Waals surface area contributed by atoms with Crippen molar-refractivity contribution in [1.29, 1.82) is 0 Å². The number of nitrogens with one attached hydrogen (secondary N) is 1. The van der Waals surface area contributed by atoms with Crippen molar-refractivity contribution in [3.63, 3.8) is 0 Å². The van der Waals surface area contributed by atoms with Gasteiger partial charge in [0.15, 0.2) is 6.29 Å². The van der Waals surface area contributed by atoms with Gasteiger partial charge in [-0.3, -0.25) is 10.00 Å². The Labute approximate surface area is 129 Å². The second kappa shape index (κ2) is 5.44. The number of aromatic nitrogens is 2. The van der Waals surface area contributed by atoms with Crippen LogP contribution in [0.3, 0.4) is 0 Å². The molecule has 0 aliphatic carbocycles. The number of amides is 1. The minimum atomic E-state index is -1.20. The number of hydrogen-bond acceptors (Lipinski definition) is 4. The molecule has 0 saturated heterocycles. The number of H-pyrrole nitrogens is 1. The lowest BCUT2D eigenvalue weighted by atomic mass is 9.95. The van der Waals surface area contributed by atoms with E-state index in [2.05, 4.69) is 10.2 Å². The lowest BCUT2D eigenvalue weighted by Gasteiger charge is -2.34. The van der Waals surface area contributed by atoms with Crippen LogP contribution in [0.5, 0.6) is 0 Å². The van der Waals surface area contributed by atoms with Crippen LogP contribution in [0.2, 0.25) is 0 Å². The van der Waals surface area contributed by atoms with Gasteiger partial charge in [0.05, 0.1) is 11.2 Å². The SMILES string of the molecule is CN(C(=O)OC(C)(C)C)C(C)(C=O)c1[nH]nc2ccccc12. The summed E-state index contributed by atoms with van der Waals surface area (Å²) in [5, 5.41) is 7.86. The van der Waals surface area contributed by atoms with E-state index in [9.17, 15) is 9.59 Å². The Kier molecular flexibility index (Phi) is 3.96. The molecule has 22 heavy (non-hydrogen) atoms. The van der Waals surface area contributed by atoms with Gasteiger partial charge in [-0.05, 0) is 33.8 Å². The molecule has 1 heterocycles. The molecule has 1 atom stereocenters. The smallest absolute Gasteiger partial charge is 0.411 e. The molecular formula is C16H21N3O3. The van der Waals surface area contributed by atoms with Gasteiger partial charge in [0.2, 0.25) is 0 Å². The first kappa shape index (κ1) is 16.0. The zero-order valence-corrected chi connectivity index (χ0v) is 13.5. The van der Waals surface area contributed by atoms with Crippen molar-refractivity contribution >= 4 is 23.3 Å². The van der Waals surface area contributed by atoms with Crippen LogP contribution in [0, 0.1) is 0 Å². The number of nitrogens with zero attached hydrogens (tertiary/aromatic N) is 2. The van der Waals surface area contributed by atoms with Crippen molar-refractivity contribution in [3.05, 3.63) is 30.0 Å². The highest BCUT2D eigenvalue weighted by Crippen LogP contribution is 2.30. The summed E-state index contributed by atoms with van der Waals surface area (Å²) in [7, 11) is 1.54. The first-order chi connectivity index (χ1) is 10.2. The van der Waals surface area contributed by atoms with Gasteiger partial charge in [0, 0.05) is 12.4 Å².